The molecule has 106 valence electrons. The Kier molecular flexibility index (Phi) is 5.97. The molecule has 0 amide bonds. The predicted octanol–water partition coefficient (Wildman–Crippen LogP) is -0.915. The summed E-state index contributed by atoms with van der Waals surface area (Å²) < 4.78 is 10.1. The summed E-state index contributed by atoms with van der Waals surface area (Å²) in [5, 5.41) is 37.4. The minimum Gasteiger partial charge on any atom is -0.479 e. The lowest BCUT2D eigenvalue weighted by molar-refractivity contribution is -0.294. The summed E-state index contributed by atoms with van der Waals surface area (Å²) in [5.41, 5.74) is 0. The van der Waals surface area contributed by atoms with Crippen molar-refractivity contribution in [2.24, 2.45) is 0 Å². The largest absolute Gasteiger partial charge is 0.479 e. The number of carboxylic acid groups (broad SMARTS) is 1. The molecule has 1 aliphatic heterocycles. The third-order valence-electron chi connectivity index (χ3n) is 2.84. The van der Waals surface area contributed by atoms with Crippen LogP contribution in [-0.4, -0.2) is 63.7 Å². The normalized spacial score (nSPS) is 36.6. The maximum Gasteiger partial charge on any atom is 0.335 e. The maximum absolute atomic E-state index is 10.8. The number of ether oxygens (including phenoxy) is 2. The Morgan fingerprint density at radius 1 is 1.17 bits per heavy atom. The van der Waals surface area contributed by atoms with Gasteiger partial charge in [-0.05, 0) is 6.42 Å². The number of aliphatic carboxylic acids is 1. The van der Waals surface area contributed by atoms with Crippen LogP contribution in [0.3, 0.4) is 0 Å². The predicted molar refractivity (Wildman–Crippen MR) is 59.8 cm³/mol. The Morgan fingerprint density at radius 3 is 2.39 bits per heavy atom. The number of carboxylic acids is 1. The average Bonchev–Trinajstić information content (AvgIpc) is 2.33. The Bertz CT molecular complexity index is 270. The highest BCUT2D eigenvalue weighted by Gasteiger charge is 2.47. The van der Waals surface area contributed by atoms with Crippen molar-refractivity contribution in [3.8, 4) is 0 Å². The molecule has 1 heterocycles. The molecule has 18 heavy (non-hydrogen) atoms. The number of rotatable bonds is 6. The first-order valence-corrected chi connectivity index (χ1v) is 6.03. The second-order valence-electron chi connectivity index (χ2n) is 4.31. The standard InChI is InChI=1S/C11H20O7/c1-2-3-4-5-17-11-8(14)6(12)7(13)9(18-11)10(15)16/h6-9,11-14H,2-5H2,1H3,(H,15,16). The van der Waals surface area contributed by atoms with Crippen LogP contribution in [-0.2, 0) is 14.3 Å². The maximum atomic E-state index is 10.8. The molecule has 7 nitrogen and oxygen atoms in total. The van der Waals surface area contributed by atoms with Gasteiger partial charge in [0.05, 0.1) is 0 Å². The van der Waals surface area contributed by atoms with Crippen LogP contribution in [0.1, 0.15) is 26.2 Å². The van der Waals surface area contributed by atoms with E-state index in [1.54, 1.807) is 0 Å². The summed E-state index contributed by atoms with van der Waals surface area (Å²) >= 11 is 0. The fourth-order valence-electron chi connectivity index (χ4n) is 1.74. The molecule has 5 unspecified atom stereocenters. The second kappa shape index (κ2) is 7.01. The van der Waals surface area contributed by atoms with E-state index in [0.29, 0.717) is 6.61 Å². The van der Waals surface area contributed by atoms with Gasteiger partial charge in [0.25, 0.3) is 0 Å². The molecule has 0 aromatic rings. The fourth-order valence-corrected chi connectivity index (χ4v) is 1.74. The van der Waals surface area contributed by atoms with E-state index in [-0.39, 0.29) is 0 Å². The Hall–Kier alpha value is -0.730. The molecule has 0 aromatic carbocycles. The second-order valence-corrected chi connectivity index (χ2v) is 4.31. The van der Waals surface area contributed by atoms with Gasteiger partial charge in [-0.2, -0.15) is 0 Å². The Balaban J connectivity index is 2.53. The minimum absolute atomic E-state index is 0.296. The quantitative estimate of drug-likeness (QED) is 0.459. The summed E-state index contributed by atoms with van der Waals surface area (Å²) in [6, 6.07) is 0. The zero-order chi connectivity index (χ0) is 13.7. The van der Waals surface area contributed by atoms with Gasteiger partial charge < -0.3 is 29.9 Å². The molecule has 0 saturated carbocycles. The molecular weight excluding hydrogens is 244 g/mol. The zero-order valence-corrected chi connectivity index (χ0v) is 10.2. The molecule has 1 aliphatic rings. The average molecular weight is 264 g/mol. The van der Waals surface area contributed by atoms with Crippen molar-refractivity contribution in [1.29, 1.82) is 0 Å². The number of aliphatic hydroxyl groups excluding tert-OH is 3. The van der Waals surface area contributed by atoms with Gasteiger partial charge in [0.15, 0.2) is 12.4 Å². The van der Waals surface area contributed by atoms with Crippen molar-refractivity contribution in [3.63, 3.8) is 0 Å². The number of hydrogen-bond acceptors (Lipinski definition) is 6. The summed E-state index contributed by atoms with van der Waals surface area (Å²) in [5.74, 6) is -1.41. The lowest BCUT2D eigenvalue weighted by Gasteiger charge is -2.38. The number of hydrogen-bond donors (Lipinski definition) is 4. The Morgan fingerprint density at radius 2 is 1.83 bits per heavy atom. The van der Waals surface area contributed by atoms with E-state index in [1.807, 2.05) is 6.92 Å². The van der Waals surface area contributed by atoms with Gasteiger partial charge in [-0.1, -0.05) is 19.8 Å². The highest BCUT2D eigenvalue weighted by molar-refractivity contribution is 5.73. The topological polar surface area (TPSA) is 116 Å². The first-order valence-electron chi connectivity index (χ1n) is 6.03. The SMILES string of the molecule is CCCCCOC1OC(C(=O)O)C(O)C(O)C1O. The number of aliphatic hydroxyl groups is 3. The van der Waals surface area contributed by atoms with E-state index in [4.69, 9.17) is 14.6 Å². The molecule has 0 bridgehead atoms. The molecule has 0 spiro atoms. The van der Waals surface area contributed by atoms with Crippen LogP contribution < -0.4 is 0 Å². The monoisotopic (exact) mass is 264 g/mol. The first kappa shape index (κ1) is 15.3. The van der Waals surface area contributed by atoms with Gasteiger partial charge in [-0.15, -0.1) is 0 Å². The molecule has 4 N–H and O–H groups in total. The van der Waals surface area contributed by atoms with Gasteiger partial charge in [0, 0.05) is 6.61 Å². The van der Waals surface area contributed by atoms with Crippen LogP contribution in [0.5, 0.6) is 0 Å². The van der Waals surface area contributed by atoms with Gasteiger partial charge in [0.1, 0.15) is 18.3 Å². The molecule has 0 radical (unpaired) electrons. The molecule has 0 aliphatic carbocycles. The van der Waals surface area contributed by atoms with Crippen molar-refractivity contribution in [2.45, 2.75) is 56.9 Å². The first-order chi connectivity index (χ1) is 8.49. The fraction of sp³-hybridized carbons (Fsp3) is 0.909. The molecule has 7 heteroatoms. The van der Waals surface area contributed by atoms with Crippen LogP contribution in [0.2, 0.25) is 0 Å². The highest BCUT2D eigenvalue weighted by Crippen LogP contribution is 2.22. The van der Waals surface area contributed by atoms with Gasteiger partial charge >= 0.3 is 5.97 Å². The van der Waals surface area contributed by atoms with Crippen LogP contribution in [0.25, 0.3) is 0 Å². The van der Waals surface area contributed by atoms with E-state index in [0.717, 1.165) is 19.3 Å². The lowest BCUT2D eigenvalue weighted by Crippen LogP contribution is -2.60. The molecule has 1 fully saturated rings. The summed E-state index contributed by atoms with van der Waals surface area (Å²) in [4.78, 5) is 10.8. The van der Waals surface area contributed by atoms with E-state index < -0.39 is 36.7 Å². The number of unbranched alkanes of at least 4 members (excludes halogenated alkanes) is 2. The van der Waals surface area contributed by atoms with Crippen molar-refractivity contribution in [2.75, 3.05) is 6.61 Å². The Labute approximate surface area is 105 Å². The highest BCUT2D eigenvalue weighted by atomic mass is 16.7. The van der Waals surface area contributed by atoms with Crippen molar-refractivity contribution < 1.29 is 34.7 Å². The third-order valence-corrected chi connectivity index (χ3v) is 2.84. The van der Waals surface area contributed by atoms with Crippen LogP contribution in [0, 0.1) is 0 Å². The summed E-state index contributed by atoms with van der Waals surface area (Å²) in [6.45, 7) is 2.32. The van der Waals surface area contributed by atoms with Crippen LogP contribution in [0.4, 0.5) is 0 Å². The van der Waals surface area contributed by atoms with Gasteiger partial charge in [-0.3, -0.25) is 0 Å². The van der Waals surface area contributed by atoms with Crippen molar-refractivity contribution in [1.82, 2.24) is 0 Å². The van der Waals surface area contributed by atoms with E-state index in [9.17, 15) is 20.1 Å². The summed E-state index contributed by atoms with van der Waals surface area (Å²) in [6.07, 6.45) is -4.88. The third kappa shape index (κ3) is 3.63. The molecule has 1 saturated heterocycles. The molecule has 0 aromatic heterocycles. The zero-order valence-electron chi connectivity index (χ0n) is 10.2. The molecule has 1 rings (SSSR count). The van der Waals surface area contributed by atoms with Crippen LogP contribution in [0.15, 0.2) is 0 Å². The lowest BCUT2D eigenvalue weighted by atomic mass is 9.99. The molecule has 5 atom stereocenters. The smallest absolute Gasteiger partial charge is 0.335 e. The van der Waals surface area contributed by atoms with E-state index in [1.165, 1.54) is 0 Å². The summed E-state index contributed by atoms with van der Waals surface area (Å²) in [7, 11) is 0. The van der Waals surface area contributed by atoms with Crippen molar-refractivity contribution >= 4 is 5.97 Å². The van der Waals surface area contributed by atoms with E-state index >= 15 is 0 Å². The van der Waals surface area contributed by atoms with Crippen LogP contribution >= 0.6 is 0 Å². The van der Waals surface area contributed by atoms with E-state index in [2.05, 4.69) is 0 Å². The minimum atomic E-state index is -1.67. The van der Waals surface area contributed by atoms with Gasteiger partial charge in [0.2, 0.25) is 0 Å². The van der Waals surface area contributed by atoms with Crippen molar-refractivity contribution in [3.05, 3.63) is 0 Å². The molecular formula is C11H20O7. The van der Waals surface area contributed by atoms with Gasteiger partial charge in [-0.25, -0.2) is 4.79 Å². The number of carbonyl (C=O) groups is 1.